The van der Waals surface area contributed by atoms with Crippen molar-refractivity contribution in [2.24, 2.45) is 0 Å². The highest BCUT2D eigenvalue weighted by molar-refractivity contribution is 6.33. The fourth-order valence-corrected chi connectivity index (χ4v) is 1.49. The minimum atomic E-state index is -1.20. The molecule has 0 aliphatic rings. The van der Waals surface area contributed by atoms with Gasteiger partial charge in [-0.25, -0.2) is 14.6 Å². The van der Waals surface area contributed by atoms with Gasteiger partial charge >= 0.3 is 12.1 Å². The molecule has 1 aromatic heterocycles. The van der Waals surface area contributed by atoms with Crippen molar-refractivity contribution in [1.82, 2.24) is 10.3 Å². The lowest BCUT2D eigenvalue weighted by Gasteiger charge is -2.18. The topological polar surface area (TPSA) is 88.5 Å². The van der Waals surface area contributed by atoms with E-state index in [0.717, 1.165) is 0 Å². The van der Waals surface area contributed by atoms with Gasteiger partial charge in [-0.2, -0.15) is 0 Å². The van der Waals surface area contributed by atoms with Crippen molar-refractivity contribution in [2.45, 2.75) is 26.4 Å². The van der Waals surface area contributed by atoms with Crippen molar-refractivity contribution in [3.05, 3.63) is 28.5 Å². The summed E-state index contributed by atoms with van der Waals surface area (Å²) in [6, 6.07) is 1.40. The zero-order chi connectivity index (χ0) is 16.0. The number of hydrogen-bond donors (Lipinski definition) is 2. The van der Waals surface area contributed by atoms with Crippen molar-refractivity contribution in [2.75, 3.05) is 6.54 Å². The molecular weight excluding hydrogens is 296 g/mol. The number of carbonyl (C=O) groups is 2. The number of nitrogens with zero attached hydrogens (tertiary/aromatic N) is 1. The molecule has 112 valence electrons. The molecule has 7 heteroatoms. The number of aromatic nitrogens is 1. The van der Waals surface area contributed by atoms with Gasteiger partial charge in [0.25, 0.3) is 0 Å². The number of halogens is 1. The van der Waals surface area contributed by atoms with Crippen molar-refractivity contribution in [3.8, 4) is 11.8 Å². The first-order valence-corrected chi connectivity index (χ1v) is 6.41. The Morgan fingerprint density at radius 1 is 1.48 bits per heavy atom. The summed E-state index contributed by atoms with van der Waals surface area (Å²) in [7, 11) is 0. The molecule has 0 fully saturated rings. The predicted molar refractivity (Wildman–Crippen MR) is 77.3 cm³/mol. The highest BCUT2D eigenvalue weighted by Crippen LogP contribution is 2.14. The second-order valence-electron chi connectivity index (χ2n) is 5.02. The van der Waals surface area contributed by atoms with E-state index in [-0.39, 0.29) is 17.3 Å². The maximum Gasteiger partial charge on any atom is 0.408 e. The minimum Gasteiger partial charge on any atom is -0.476 e. The summed E-state index contributed by atoms with van der Waals surface area (Å²) in [4.78, 5) is 25.8. The van der Waals surface area contributed by atoms with Gasteiger partial charge in [-0.15, -0.1) is 0 Å². The van der Waals surface area contributed by atoms with Crippen LogP contribution in [0, 0.1) is 11.8 Å². The minimum absolute atomic E-state index is 0.00871. The molecule has 0 atom stereocenters. The summed E-state index contributed by atoms with van der Waals surface area (Å²) in [6.07, 6.45) is 0.740. The summed E-state index contributed by atoms with van der Waals surface area (Å²) >= 11 is 5.76. The first-order valence-electron chi connectivity index (χ1n) is 6.03. The summed E-state index contributed by atoms with van der Waals surface area (Å²) in [5, 5.41) is 11.3. The average molecular weight is 311 g/mol. The Morgan fingerprint density at radius 3 is 2.67 bits per heavy atom. The van der Waals surface area contributed by atoms with E-state index < -0.39 is 17.7 Å². The molecule has 1 amide bonds. The molecule has 1 rings (SSSR count). The van der Waals surface area contributed by atoms with E-state index in [0.29, 0.717) is 5.56 Å². The van der Waals surface area contributed by atoms with Crippen molar-refractivity contribution >= 4 is 23.7 Å². The molecular formula is C14H15ClN2O4. The van der Waals surface area contributed by atoms with Crippen LogP contribution in [0.5, 0.6) is 0 Å². The molecule has 0 radical (unpaired) electrons. The number of carbonyl (C=O) groups excluding carboxylic acids is 1. The SMILES string of the molecule is CC(C)(C)OC(=O)NCC#Cc1cnc(C(=O)O)c(Cl)c1. The van der Waals surface area contributed by atoms with Crippen molar-refractivity contribution in [3.63, 3.8) is 0 Å². The summed E-state index contributed by atoms with van der Waals surface area (Å²) in [5.74, 6) is 4.19. The van der Waals surface area contributed by atoms with Crippen LogP contribution in [0.25, 0.3) is 0 Å². The van der Waals surface area contributed by atoms with E-state index >= 15 is 0 Å². The van der Waals surface area contributed by atoms with E-state index in [4.69, 9.17) is 21.4 Å². The zero-order valence-corrected chi connectivity index (χ0v) is 12.6. The molecule has 0 aliphatic heterocycles. The average Bonchev–Trinajstić information content (AvgIpc) is 2.32. The van der Waals surface area contributed by atoms with Crippen LogP contribution in [-0.2, 0) is 4.74 Å². The zero-order valence-electron chi connectivity index (χ0n) is 11.9. The van der Waals surface area contributed by atoms with Gasteiger partial charge in [0.15, 0.2) is 5.69 Å². The number of hydrogen-bond acceptors (Lipinski definition) is 4. The van der Waals surface area contributed by atoms with Crippen LogP contribution in [0.3, 0.4) is 0 Å². The first kappa shape index (κ1) is 16.8. The largest absolute Gasteiger partial charge is 0.476 e. The third kappa shape index (κ3) is 6.15. The normalized spacial score (nSPS) is 10.3. The Morgan fingerprint density at radius 2 is 2.14 bits per heavy atom. The Hall–Kier alpha value is -2.26. The van der Waals surface area contributed by atoms with Gasteiger partial charge in [0.2, 0.25) is 0 Å². The number of nitrogens with one attached hydrogen (secondary N) is 1. The quantitative estimate of drug-likeness (QED) is 0.818. The second-order valence-corrected chi connectivity index (χ2v) is 5.42. The van der Waals surface area contributed by atoms with Gasteiger partial charge in [0.05, 0.1) is 11.6 Å². The highest BCUT2D eigenvalue weighted by atomic mass is 35.5. The van der Waals surface area contributed by atoms with E-state index in [1.54, 1.807) is 20.8 Å². The standard InChI is InChI=1S/C14H15ClN2O4/c1-14(2,3)21-13(20)16-6-4-5-9-7-10(15)11(12(18)19)17-8-9/h7-8H,6H2,1-3H3,(H,16,20)(H,18,19). The third-order valence-electron chi connectivity index (χ3n) is 2.00. The van der Waals surface area contributed by atoms with E-state index in [1.807, 2.05) is 0 Å². The number of alkyl carbamates (subject to hydrolysis) is 1. The van der Waals surface area contributed by atoms with Crippen molar-refractivity contribution < 1.29 is 19.4 Å². The van der Waals surface area contributed by atoms with Gasteiger partial charge in [-0.05, 0) is 26.8 Å². The van der Waals surface area contributed by atoms with Crippen LogP contribution < -0.4 is 5.32 Å². The monoisotopic (exact) mass is 310 g/mol. The molecule has 0 saturated heterocycles. The number of carboxylic acids is 1. The number of ether oxygens (including phenoxy) is 1. The molecule has 6 nitrogen and oxygen atoms in total. The Bertz CT molecular complexity index is 612. The molecule has 1 aromatic rings. The van der Waals surface area contributed by atoms with Gasteiger partial charge in [0, 0.05) is 11.8 Å². The number of aromatic carboxylic acids is 1. The number of rotatable bonds is 2. The lowest BCUT2D eigenvalue weighted by Crippen LogP contribution is -2.32. The molecule has 0 bridgehead atoms. The lowest BCUT2D eigenvalue weighted by atomic mass is 10.2. The molecule has 0 unspecified atom stereocenters. The van der Waals surface area contributed by atoms with Crippen molar-refractivity contribution in [1.29, 1.82) is 0 Å². The van der Waals surface area contributed by atoms with Crippen LogP contribution in [0.1, 0.15) is 36.8 Å². The molecule has 0 spiro atoms. The lowest BCUT2D eigenvalue weighted by molar-refractivity contribution is 0.0534. The first-order chi connectivity index (χ1) is 9.69. The van der Waals surface area contributed by atoms with E-state index in [1.165, 1.54) is 12.3 Å². The molecule has 0 aromatic carbocycles. The van der Waals surface area contributed by atoms with Crippen LogP contribution in [-0.4, -0.2) is 34.3 Å². The van der Waals surface area contributed by atoms with Crippen LogP contribution >= 0.6 is 11.6 Å². The van der Waals surface area contributed by atoms with Crippen LogP contribution in [0.2, 0.25) is 5.02 Å². The summed E-state index contributed by atoms with van der Waals surface area (Å²) in [6.45, 7) is 5.37. The Balaban J connectivity index is 2.58. The third-order valence-corrected chi connectivity index (χ3v) is 2.28. The van der Waals surface area contributed by atoms with Crippen LogP contribution in [0.4, 0.5) is 4.79 Å². The van der Waals surface area contributed by atoms with E-state index in [9.17, 15) is 9.59 Å². The van der Waals surface area contributed by atoms with E-state index in [2.05, 4.69) is 22.1 Å². The Kier molecular flexibility index (Phi) is 5.56. The predicted octanol–water partition coefficient (Wildman–Crippen LogP) is 2.31. The van der Waals surface area contributed by atoms with Gasteiger partial charge < -0.3 is 15.2 Å². The van der Waals surface area contributed by atoms with Gasteiger partial charge in [0.1, 0.15) is 5.60 Å². The molecule has 2 N–H and O–H groups in total. The molecule has 0 aliphatic carbocycles. The maximum atomic E-state index is 11.3. The van der Waals surface area contributed by atoms with Crippen LogP contribution in [0.15, 0.2) is 12.3 Å². The molecule has 1 heterocycles. The summed E-state index contributed by atoms with van der Waals surface area (Å²) < 4.78 is 5.03. The number of carboxylic acid groups (broad SMARTS) is 1. The smallest absolute Gasteiger partial charge is 0.408 e. The highest BCUT2D eigenvalue weighted by Gasteiger charge is 2.15. The fourth-order valence-electron chi connectivity index (χ4n) is 1.24. The summed E-state index contributed by atoms with van der Waals surface area (Å²) in [5.41, 5.74) is -0.341. The number of amides is 1. The second kappa shape index (κ2) is 6.95. The Labute approximate surface area is 127 Å². The number of pyridine rings is 1. The van der Waals surface area contributed by atoms with Gasteiger partial charge in [-0.1, -0.05) is 23.4 Å². The molecule has 21 heavy (non-hydrogen) atoms. The molecule has 0 saturated carbocycles. The maximum absolute atomic E-state index is 11.3. The van der Waals surface area contributed by atoms with Gasteiger partial charge in [-0.3, -0.25) is 0 Å². The fraction of sp³-hybridized carbons (Fsp3) is 0.357.